The number of nitrogens with zero attached hydrogens (tertiary/aromatic N) is 1. The summed E-state index contributed by atoms with van der Waals surface area (Å²) in [5, 5.41) is 59.7. The Morgan fingerprint density at radius 2 is 1.19 bits per heavy atom. The largest absolute Gasteiger partial charge is 0.394 e. The first kappa shape index (κ1) is 21.9. The maximum absolute atomic E-state index is 12.1. The monoisotopic (exact) mass is 373 g/mol. The summed E-state index contributed by atoms with van der Waals surface area (Å²) in [6.07, 6.45) is 1.06. The molecule has 8 N–H and O–H groups in total. The summed E-state index contributed by atoms with van der Waals surface area (Å²) in [6, 6.07) is 2.44. The fourth-order valence-corrected chi connectivity index (χ4v) is 1.82. The summed E-state index contributed by atoms with van der Waals surface area (Å²) in [4.78, 5) is 28.0. The molecule has 0 saturated carbocycles. The van der Waals surface area contributed by atoms with E-state index in [1.807, 2.05) is 0 Å². The lowest BCUT2D eigenvalue weighted by Crippen LogP contribution is -2.57. The molecule has 0 saturated heterocycles. The molecule has 0 bridgehead atoms. The van der Waals surface area contributed by atoms with Crippen LogP contribution in [0.3, 0.4) is 0 Å². The van der Waals surface area contributed by atoms with Crippen LogP contribution in [0.5, 0.6) is 0 Å². The summed E-state index contributed by atoms with van der Waals surface area (Å²) in [7, 11) is 0. The maximum atomic E-state index is 12.1. The second-order valence-electron chi connectivity index (χ2n) is 5.85. The molecule has 2 amide bonds. The Morgan fingerprint density at radius 3 is 1.54 bits per heavy atom. The van der Waals surface area contributed by atoms with E-state index in [4.69, 9.17) is 0 Å². The highest BCUT2D eigenvalue weighted by atomic mass is 16.3. The van der Waals surface area contributed by atoms with Crippen LogP contribution in [0.15, 0.2) is 18.3 Å². The van der Waals surface area contributed by atoms with Crippen LogP contribution in [0.25, 0.3) is 0 Å². The van der Waals surface area contributed by atoms with Crippen LogP contribution in [-0.2, 0) is 0 Å². The molecule has 0 aliphatic heterocycles. The second-order valence-corrected chi connectivity index (χ2v) is 5.85. The number of aromatic nitrogens is 1. The Morgan fingerprint density at radius 1 is 0.769 bits per heavy atom. The van der Waals surface area contributed by atoms with Gasteiger partial charge in [-0.3, -0.25) is 14.6 Å². The van der Waals surface area contributed by atoms with Gasteiger partial charge in [0, 0.05) is 6.20 Å². The van der Waals surface area contributed by atoms with Crippen molar-refractivity contribution >= 4 is 11.8 Å². The highest BCUT2D eigenvalue weighted by Crippen LogP contribution is 2.08. The zero-order valence-corrected chi connectivity index (χ0v) is 13.9. The van der Waals surface area contributed by atoms with Crippen molar-refractivity contribution in [3.8, 4) is 0 Å². The molecule has 1 aromatic heterocycles. The van der Waals surface area contributed by atoms with Gasteiger partial charge in [0.2, 0.25) is 0 Å². The SMILES string of the molecule is O=C(NC(CO)(CO)CO)c1ccc(C(=O)NC(CO)(CO)CO)nc1. The summed E-state index contributed by atoms with van der Waals surface area (Å²) < 4.78 is 0. The van der Waals surface area contributed by atoms with Crippen LogP contribution in [0.4, 0.5) is 0 Å². The minimum atomic E-state index is -1.61. The van der Waals surface area contributed by atoms with E-state index in [-0.39, 0.29) is 11.3 Å². The average molecular weight is 373 g/mol. The molecule has 0 unspecified atom stereocenters. The zero-order valence-electron chi connectivity index (χ0n) is 13.9. The molecule has 1 aromatic rings. The van der Waals surface area contributed by atoms with Gasteiger partial charge in [-0.05, 0) is 12.1 Å². The zero-order chi connectivity index (χ0) is 19.8. The van der Waals surface area contributed by atoms with Crippen molar-refractivity contribution in [2.45, 2.75) is 11.1 Å². The second kappa shape index (κ2) is 9.52. The first-order chi connectivity index (χ1) is 12.3. The number of carbonyl (C=O) groups is 2. The number of nitrogens with one attached hydrogen (secondary N) is 2. The fourth-order valence-electron chi connectivity index (χ4n) is 1.82. The minimum Gasteiger partial charge on any atom is -0.394 e. The van der Waals surface area contributed by atoms with Gasteiger partial charge in [-0.15, -0.1) is 0 Å². The van der Waals surface area contributed by atoms with Crippen molar-refractivity contribution in [3.63, 3.8) is 0 Å². The van der Waals surface area contributed by atoms with Crippen LogP contribution in [0.1, 0.15) is 20.8 Å². The number of hydrogen-bond acceptors (Lipinski definition) is 9. The van der Waals surface area contributed by atoms with Gasteiger partial charge in [-0.25, -0.2) is 0 Å². The standard InChI is InChI=1S/C15H23N3O8/c19-4-14(5-20,6-21)17-12(25)10-1-2-11(16-3-10)13(26)18-15(7-22,8-23)9-24/h1-3,19-24H,4-9H2,(H,17,25)(H,18,26). The summed E-state index contributed by atoms with van der Waals surface area (Å²) in [5.41, 5.74) is -3.36. The van der Waals surface area contributed by atoms with Crippen molar-refractivity contribution < 1.29 is 40.2 Å². The van der Waals surface area contributed by atoms with Crippen LogP contribution < -0.4 is 10.6 Å². The van der Waals surface area contributed by atoms with Crippen LogP contribution in [-0.4, -0.2) is 98.2 Å². The molecule has 1 heterocycles. The highest BCUT2D eigenvalue weighted by molar-refractivity contribution is 5.96. The quantitative estimate of drug-likeness (QED) is 0.202. The molecule has 11 nitrogen and oxygen atoms in total. The average Bonchev–Trinajstić information content (AvgIpc) is 2.70. The Balaban J connectivity index is 2.88. The van der Waals surface area contributed by atoms with Gasteiger partial charge in [0.15, 0.2) is 0 Å². The van der Waals surface area contributed by atoms with Gasteiger partial charge in [-0.1, -0.05) is 0 Å². The molecule has 0 atom stereocenters. The Kier molecular flexibility index (Phi) is 8.02. The first-order valence-electron chi connectivity index (χ1n) is 7.61. The van der Waals surface area contributed by atoms with Crippen LogP contribution >= 0.6 is 0 Å². The van der Waals surface area contributed by atoms with E-state index in [2.05, 4.69) is 15.6 Å². The van der Waals surface area contributed by atoms with Gasteiger partial charge >= 0.3 is 0 Å². The van der Waals surface area contributed by atoms with Gasteiger partial charge in [-0.2, -0.15) is 0 Å². The van der Waals surface area contributed by atoms with Gasteiger partial charge in [0.1, 0.15) is 16.8 Å². The molecule has 0 aromatic carbocycles. The molecule has 0 aliphatic carbocycles. The van der Waals surface area contributed by atoms with Crippen molar-refractivity contribution in [1.29, 1.82) is 0 Å². The van der Waals surface area contributed by atoms with E-state index < -0.39 is 62.5 Å². The van der Waals surface area contributed by atoms with Crippen LogP contribution in [0, 0.1) is 0 Å². The van der Waals surface area contributed by atoms with E-state index in [0.717, 1.165) is 6.20 Å². The number of aliphatic hydroxyl groups is 6. The molecular formula is C15H23N3O8. The molecule has 0 spiro atoms. The number of aliphatic hydroxyl groups excluding tert-OH is 6. The smallest absolute Gasteiger partial charge is 0.270 e. The predicted molar refractivity (Wildman–Crippen MR) is 87.1 cm³/mol. The van der Waals surface area contributed by atoms with E-state index >= 15 is 0 Å². The molecule has 0 radical (unpaired) electrons. The minimum absolute atomic E-state index is 0.000914. The van der Waals surface area contributed by atoms with E-state index in [1.165, 1.54) is 12.1 Å². The molecular weight excluding hydrogens is 350 g/mol. The summed E-state index contributed by atoms with van der Waals surface area (Å²) in [6.45, 7) is -4.16. The lowest BCUT2D eigenvalue weighted by atomic mass is 10.0. The normalized spacial score (nSPS) is 11.9. The molecule has 0 fully saturated rings. The molecule has 26 heavy (non-hydrogen) atoms. The number of carbonyl (C=O) groups excluding carboxylic acids is 2. The van der Waals surface area contributed by atoms with Crippen molar-refractivity contribution in [3.05, 3.63) is 29.6 Å². The summed E-state index contributed by atoms with van der Waals surface area (Å²) in [5.74, 6) is -1.53. The lowest BCUT2D eigenvalue weighted by Gasteiger charge is -2.29. The third-order valence-electron chi connectivity index (χ3n) is 3.83. The van der Waals surface area contributed by atoms with Gasteiger partial charge in [0.05, 0.1) is 45.2 Å². The van der Waals surface area contributed by atoms with Crippen molar-refractivity contribution in [2.24, 2.45) is 0 Å². The highest BCUT2D eigenvalue weighted by Gasteiger charge is 2.32. The first-order valence-corrected chi connectivity index (χ1v) is 7.61. The summed E-state index contributed by atoms with van der Waals surface area (Å²) >= 11 is 0. The lowest BCUT2D eigenvalue weighted by molar-refractivity contribution is 0.0371. The fraction of sp³-hybridized carbons (Fsp3) is 0.533. The maximum Gasteiger partial charge on any atom is 0.270 e. The molecule has 0 aliphatic rings. The number of hydrogen-bond donors (Lipinski definition) is 8. The molecule has 11 heteroatoms. The van der Waals surface area contributed by atoms with Gasteiger partial charge in [0.25, 0.3) is 11.8 Å². The van der Waals surface area contributed by atoms with E-state index in [0.29, 0.717) is 0 Å². The van der Waals surface area contributed by atoms with Crippen LogP contribution in [0.2, 0.25) is 0 Å². The number of rotatable bonds is 10. The topological polar surface area (TPSA) is 192 Å². The van der Waals surface area contributed by atoms with Crippen molar-refractivity contribution in [1.82, 2.24) is 15.6 Å². The van der Waals surface area contributed by atoms with Gasteiger partial charge < -0.3 is 41.3 Å². The Hall–Kier alpha value is -2.15. The third kappa shape index (κ3) is 4.94. The number of amides is 2. The Bertz CT molecular complexity index is 530. The Labute approximate surface area is 148 Å². The molecule has 1 rings (SSSR count). The van der Waals surface area contributed by atoms with E-state index in [1.54, 1.807) is 0 Å². The predicted octanol–water partition coefficient (Wildman–Crippen LogP) is -4.03. The number of pyridine rings is 1. The third-order valence-corrected chi connectivity index (χ3v) is 3.83. The van der Waals surface area contributed by atoms with Crippen molar-refractivity contribution in [2.75, 3.05) is 39.6 Å². The van der Waals surface area contributed by atoms with E-state index in [9.17, 15) is 40.2 Å². The molecule has 146 valence electrons.